The molecule has 0 saturated carbocycles. The van der Waals surface area contributed by atoms with Crippen LogP contribution in [0.2, 0.25) is 0 Å². The summed E-state index contributed by atoms with van der Waals surface area (Å²) in [7, 11) is 3.01. The summed E-state index contributed by atoms with van der Waals surface area (Å²) < 4.78 is 25.4. The van der Waals surface area contributed by atoms with Crippen molar-refractivity contribution in [3.63, 3.8) is 0 Å². The molecule has 4 amide bonds. The molecule has 0 aliphatic heterocycles. The summed E-state index contributed by atoms with van der Waals surface area (Å²) in [5.41, 5.74) is -0.313. The van der Waals surface area contributed by atoms with E-state index in [2.05, 4.69) is 16.0 Å². The number of likely N-dealkylation sites (N-methyl/N-ethyl adjacent to an activating group) is 1. The number of hydrogen-bond donors (Lipinski definition) is 3. The van der Waals surface area contributed by atoms with Crippen LogP contribution in [0.1, 0.15) is 45.7 Å². The van der Waals surface area contributed by atoms with Gasteiger partial charge in [-0.15, -0.1) is 0 Å². The molecule has 0 fully saturated rings. The van der Waals surface area contributed by atoms with Crippen LogP contribution in [0.25, 0.3) is 10.8 Å². The van der Waals surface area contributed by atoms with Gasteiger partial charge < -0.3 is 30.3 Å². The van der Waals surface area contributed by atoms with Crippen molar-refractivity contribution in [1.82, 2.24) is 20.9 Å². The number of ether oxygens (including phenoxy) is 2. The van der Waals surface area contributed by atoms with E-state index in [1.807, 2.05) is 42.5 Å². The van der Waals surface area contributed by atoms with Crippen LogP contribution in [0.15, 0.2) is 66.7 Å². The Morgan fingerprint density at radius 2 is 1.53 bits per heavy atom. The number of benzene rings is 3. The molecule has 3 aromatic rings. The highest BCUT2D eigenvalue weighted by atomic mass is 19.1. The fourth-order valence-corrected chi connectivity index (χ4v) is 5.01. The highest BCUT2D eigenvalue weighted by Crippen LogP contribution is 2.19. The predicted molar refractivity (Wildman–Crippen MR) is 179 cm³/mol. The Bertz CT molecular complexity index is 1550. The molecule has 0 aliphatic carbocycles. The van der Waals surface area contributed by atoms with Gasteiger partial charge in [-0.3, -0.25) is 14.4 Å². The van der Waals surface area contributed by atoms with Crippen molar-refractivity contribution in [2.24, 2.45) is 5.92 Å². The summed E-state index contributed by atoms with van der Waals surface area (Å²) in [6.45, 7) is 8.37. The number of alkyl carbamates (subject to hydrolysis) is 1. The maximum absolute atomic E-state index is 14.4. The zero-order chi connectivity index (χ0) is 34.8. The number of amides is 4. The Kier molecular flexibility index (Phi) is 12.9. The molecular weight excluding hydrogens is 603 g/mol. The molecule has 0 heterocycles. The first kappa shape index (κ1) is 37.0. The van der Waals surface area contributed by atoms with E-state index in [0.717, 1.165) is 16.3 Å². The van der Waals surface area contributed by atoms with Crippen LogP contribution in [0.5, 0.6) is 0 Å². The fourth-order valence-electron chi connectivity index (χ4n) is 5.01. The topological polar surface area (TPSA) is 126 Å². The quantitative estimate of drug-likeness (QED) is 0.238. The Hall–Kier alpha value is -4.51. The van der Waals surface area contributed by atoms with Crippen molar-refractivity contribution < 1.29 is 33.0 Å². The van der Waals surface area contributed by atoms with Crippen molar-refractivity contribution in [2.75, 3.05) is 33.9 Å². The molecule has 2 atom stereocenters. The zero-order valence-corrected chi connectivity index (χ0v) is 28.3. The first-order chi connectivity index (χ1) is 22.1. The van der Waals surface area contributed by atoms with Gasteiger partial charge in [-0.25, -0.2) is 9.18 Å². The van der Waals surface area contributed by atoms with Gasteiger partial charge in [0.1, 0.15) is 24.1 Å². The monoisotopic (exact) mass is 650 g/mol. The second-order valence-electron chi connectivity index (χ2n) is 13.3. The molecule has 0 aromatic heterocycles. The van der Waals surface area contributed by atoms with Crippen LogP contribution < -0.4 is 16.0 Å². The number of carbonyl (C=O) groups excluding carboxylic acids is 4. The maximum Gasteiger partial charge on any atom is 0.408 e. The highest BCUT2D eigenvalue weighted by Gasteiger charge is 2.30. The molecule has 0 unspecified atom stereocenters. The molecule has 0 saturated heterocycles. The molecule has 47 heavy (non-hydrogen) atoms. The minimum absolute atomic E-state index is 0.0111. The fraction of sp³-hybridized carbons (Fsp3) is 0.444. The lowest BCUT2D eigenvalue weighted by Gasteiger charge is -2.30. The van der Waals surface area contributed by atoms with Crippen molar-refractivity contribution >= 4 is 34.6 Å². The summed E-state index contributed by atoms with van der Waals surface area (Å²) in [5.74, 6) is -2.44. The summed E-state index contributed by atoms with van der Waals surface area (Å²) in [6.07, 6.45) is -0.327. The van der Waals surface area contributed by atoms with Crippen molar-refractivity contribution in [2.45, 2.75) is 64.6 Å². The van der Waals surface area contributed by atoms with E-state index in [1.165, 1.54) is 25.1 Å². The molecule has 3 rings (SSSR count). The molecule has 3 aromatic carbocycles. The van der Waals surface area contributed by atoms with Gasteiger partial charge in [0.05, 0.1) is 18.1 Å². The molecule has 3 N–H and O–H groups in total. The largest absolute Gasteiger partial charge is 0.444 e. The Morgan fingerprint density at radius 3 is 2.19 bits per heavy atom. The molecule has 11 heteroatoms. The average Bonchev–Trinajstić information content (AvgIpc) is 3.00. The molecule has 0 aliphatic rings. The van der Waals surface area contributed by atoms with Crippen LogP contribution in [-0.4, -0.2) is 79.8 Å². The van der Waals surface area contributed by atoms with Gasteiger partial charge in [0, 0.05) is 27.1 Å². The number of halogens is 1. The standard InChI is InChI=1S/C36H47FN4O6/c1-35(2,3)47-34(45)40-36(4,5)23-46-22-31(42)41(7)30(19-24-16-17-25-12-8-9-13-26(25)18-24)33(44)39-21-28(32(43)38-6)20-27-14-10-11-15-29(27)37/h8-18,28,30H,19-23H2,1-7H3,(H,38,43)(H,39,44)(H,40,45)/t28-,30-/m1/s1. The summed E-state index contributed by atoms with van der Waals surface area (Å²) in [4.78, 5) is 53.4. The van der Waals surface area contributed by atoms with E-state index < -0.39 is 46.8 Å². The number of nitrogens with zero attached hydrogens (tertiary/aromatic N) is 1. The van der Waals surface area contributed by atoms with Crippen LogP contribution in [0.3, 0.4) is 0 Å². The van der Waals surface area contributed by atoms with Gasteiger partial charge in [0.15, 0.2) is 0 Å². The molecule has 254 valence electrons. The van der Waals surface area contributed by atoms with Crippen molar-refractivity contribution in [1.29, 1.82) is 0 Å². The lowest BCUT2D eigenvalue weighted by Crippen LogP contribution is -2.52. The van der Waals surface area contributed by atoms with Gasteiger partial charge in [-0.1, -0.05) is 60.7 Å². The van der Waals surface area contributed by atoms with Crippen molar-refractivity contribution in [3.8, 4) is 0 Å². The Morgan fingerprint density at radius 1 is 0.872 bits per heavy atom. The minimum Gasteiger partial charge on any atom is -0.444 e. The van der Waals surface area contributed by atoms with Gasteiger partial charge >= 0.3 is 6.09 Å². The van der Waals surface area contributed by atoms with Crippen LogP contribution in [0.4, 0.5) is 9.18 Å². The van der Waals surface area contributed by atoms with Crippen LogP contribution in [0, 0.1) is 11.7 Å². The lowest BCUT2D eigenvalue weighted by molar-refractivity contribution is -0.143. The lowest BCUT2D eigenvalue weighted by atomic mass is 9.97. The average molecular weight is 651 g/mol. The third kappa shape index (κ3) is 11.7. The molecule has 0 radical (unpaired) electrons. The number of nitrogens with one attached hydrogen (secondary N) is 3. The molecule has 0 spiro atoms. The Labute approximate surface area is 276 Å². The van der Waals surface area contributed by atoms with Crippen LogP contribution in [-0.2, 0) is 36.7 Å². The van der Waals surface area contributed by atoms with E-state index in [1.54, 1.807) is 52.8 Å². The number of rotatable bonds is 14. The van der Waals surface area contributed by atoms with E-state index in [-0.39, 0.29) is 38.5 Å². The summed E-state index contributed by atoms with van der Waals surface area (Å²) in [6, 6.07) is 18.9. The predicted octanol–water partition coefficient (Wildman–Crippen LogP) is 4.39. The Balaban J connectivity index is 1.74. The molecule has 0 bridgehead atoms. The third-order valence-electron chi connectivity index (χ3n) is 7.50. The second-order valence-corrected chi connectivity index (χ2v) is 13.3. The zero-order valence-electron chi connectivity index (χ0n) is 28.3. The van der Waals surface area contributed by atoms with Gasteiger partial charge in [-0.2, -0.15) is 0 Å². The van der Waals surface area contributed by atoms with Crippen LogP contribution >= 0.6 is 0 Å². The number of carbonyl (C=O) groups is 4. The highest BCUT2D eigenvalue weighted by molar-refractivity contribution is 5.89. The smallest absolute Gasteiger partial charge is 0.408 e. The number of fused-ring (bicyclic) bond motifs is 1. The first-order valence-electron chi connectivity index (χ1n) is 15.6. The maximum atomic E-state index is 14.4. The molecule has 10 nitrogen and oxygen atoms in total. The normalized spacial score (nSPS) is 12.9. The van der Waals surface area contributed by atoms with Gasteiger partial charge in [0.2, 0.25) is 17.7 Å². The van der Waals surface area contributed by atoms with E-state index in [4.69, 9.17) is 9.47 Å². The molecular formula is C36H47FN4O6. The van der Waals surface area contributed by atoms with Gasteiger partial charge in [0.25, 0.3) is 0 Å². The number of hydrogen-bond acceptors (Lipinski definition) is 6. The third-order valence-corrected chi connectivity index (χ3v) is 7.50. The van der Waals surface area contributed by atoms with Gasteiger partial charge in [-0.05, 0) is 69.0 Å². The first-order valence-corrected chi connectivity index (χ1v) is 15.6. The van der Waals surface area contributed by atoms with E-state index in [9.17, 15) is 23.6 Å². The minimum atomic E-state index is -0.945. The summed E-state index contributed by atoms with van der Waals surface area (Å²) >= 11 is 0. The van der Waals surface area contributed by atoms with E-state index in [0.29, 0.717) is 5.56 Å². The van der Waals surface area contributed by atoms with Crippen molar-refractivity contribution in [3.05, 3.63) is 83.7 Å². The second kappa shape index (κ2) is 16.4. The van der Waals surface area contributed by atoms with E-state index >= 15 is 0 Å². The summed E-state index contributed by atoms with van der Waals surface area (Å²) in [5, 5.41) is 10.2. The SMILES string of the molecule is CNC(=O)[C@@H](CNC(=O)[C@@H](Cc1ccc2ccccc2c1)N(C)C(=O)COCC(C)(C)NC(=O)OC(C)(C)C)Cc1ccccc1F.